The van der Waals surface area contributed by atoms with E-state index in [2.05, 4.69) is 13.8 Å². The van der Waals surface area contributed by atoms with E-state index in [9.17, 15) is 9.59 Å². The van der Waals surface area contributed by atoms with Crippen LogP contribution in [0.1, 0.15) is 42.4 Å². The molecule has 0 N–H and O–H groups in total. The van der Waals surface area contributed by atoms with E-state index in [0.717, 1.165) is 19.3 Å². The minimum Gasteiger partial charge on any atom is -1.00 e. The van der Waals surface area contributed by atoms with Crippen molar-refractivity contribution in [2.24, 2.45) is 5.92 Å². The summed E-state index contributed by atoms with van der Waals surface area (Å²) in [5.41, 5.74) is 0. The zero-order valence-electron chi connectivity index (χ0n) is 12.0. The Morgan fingerprint density at radius 1 is 1.38 bits per heavy atom. The van der Waals surface area contributed by atoms with Gasteiger partial charge in [0, 0.05) is 0 Å². The van der Waals surface area contributed by atoms with Gasteiger partial charge < -0.3 is 12.3 Å². The largest absolute Gasteiger partial charge is 2.00 e. The second kappa shape index (κ2) is 8.58. The van der Waals surface area contributed by atoms with Crippen molar-refractivity contribution < 1.29 is 21.9 Å². The van der Waals surface area contributed by atoms with Crippen LogP contribution in [0.5, 0.6) is 0 Å². The standard InChI is InChI=1S/C11H18O4.Ba.2H/c1-3-5-8(4-2)9-7-14-10(12)6-11(13)15-9;;;/h8-9H,3-7H2,1-2H3;;;/q;+2;2*-1. The van der Waals surface area contributed by atoms with Gasteiger partial charge in [-0.1, -0.05) is 20.3 Å². The molecule has 16 heavy (non-hydrogen) atoms. The van der Waals surface area contributed by atoms with Gasteiger partial charge in [-0.25, -0.2) is 0 Å². The molecule has 0 aromatic rings. The third-order valence-electron chi connectivity index (χ3n) is 2.69. The second-order valence-corrected chi connectivity index (χ2v) is 3.85. The fraction of sp³-hybridized carbons (Fsp3) is 0.818. The first kappa shape index (κ1) is 16.5. The molecule has 0 amide bonds. The van der Waals surface area contributed by atoms with Gasteiger partial charge in [-0.3, -0.25) is 9.59 Å². The molecule has 0 aromatic heterocycles. The first-order valence-electron chi connectivity index (χ1n) is 5.52. The maximum atomic E-state index is 11.2. The molecule has 4 nitrogen and oxygen atoms in total. The van der Waals surface area contributed by atoms with Crippen LogP contribution in [0, 0.1) is 5.92 Å². The molecule has 1 aliphatic heterocycles. The summed E-state index contributed by atoms with van der Waals surface area (Å²) in [4.78, 5) is 22.2. The van der Waals surface area contributed by atoms with Crippen molar-refractivity contribution in [3.63, 3.8) is 0 Å². The molecule has 5 heteroatoms. The molecule has 1 fully saturated rings. The summed E-state index contributed by atoms with van der Waals surface area (Å²) in [6.07, 6.45) is 2.46. The molecule has 2 unspecified atom stereocenters. The van der Waals surface area contributed by atoms with Crippen LogP contribution in [-0.2, 0) is 19.1 Å². The Kier molecular flexibility index (Phi) is 8.85. The van der Waals surface area contributed by atoms with Crippen LogP contribution < -0.4 is 0 Å². The summed E-state index contributed by atoms with van der Waals surface area (Å²) in [6, 6.07) is 0. The molecule has 1 saturated heterocycles. The Morgan fingerprint density at radius 2 is 2.06 bits per heavy atom. The Bertz CT molecular complexity index is 251. The average Bonchev–Trinajstić information content (AvgIpc) is 2.36. The minimum atomic E-state index is -0.478. The van der Waals surface area contributed by atoms with Crippen molar-refractivity contribution in [2.75, 3.05) is 6.61 Å². The molecule has 0 bridgehead atoms. The number of hydrogen-bond acceptors (Lipinski definition) is 4. The predicted octanol–water partition coefficient (Wildman–Crippen LogP) is 1.52. The SMILES string of the molecule is CCCC(CC)C1COC(=O)CC(=O)O1.[Ba+2].[H-].[H-]. The van der Waals surface area contributed by atoms with E-state index in [-0.39, 0.29) is 70.9 Å². The molecule has 0 aliphatic carbocycles. The van der Waals surface area contributed by atoms with E-state index in [1.807, 2.05) is 0 Å². The molecule has 0 radical (unpaired) electrons. The Hall–Kier alpha value is 0.511. The molecule has 1 heterocycles. The Labute approximate surface area is 139 Å². The monoisotopic (exact) mass is 354 g/mol. The van der Waals surface area contributed by atoms with Crippen LogP contribution >= 0.6 is 0 Å². The maximum absolute atomic E-state index is 11.2. The van der Waals surface area contributed by atoms with Crippen LogP contribution in [-0.4, -0.2) is 73.5 Å². The number of carbonyl (C=O) groups excluding carboxylic acids is 2. The van der Waals surface area contributed by atoms with E-state index >= 15 is 0 Å². The summed E-state index contributed by atoms with van der Waals surface area (Å²) in [7, 11) is 0. The van der Waals surface area contributed by atoms with Crippen molar-refractivity contribution in [3.05, 3.63) is 0 Å². The summed E-state index contributed by atoms with van der Waals surface area (Å²) < 4.78 is 10.1. The number of hydrogen-bond donors (Lipinski definition) is 0. The summed E-state index contributed by atoms with van der Waals surface area (Å²) in [5.74, 6) is -0.643. The normalized spacial score (nSPS) is 22.5. The summed E-state index contributed by atoms with van der Waals surface area (Å²) >= 11 is 0. The molecule has 0 saturated carbocycles. The second-order valence-electron chi connectivity index (χ2n) is 3.85. The van der Waals surface area contributed by atoms with Crippen molar-refractivity contribution in [2.45, 2.75) is 45.6 Å². The van der Waals surface area contributed by atoms with Gasteiger partial charge in [-0.15, -0.1) is 0 Å². The van der Waals surface area contributed by atoms with Gasteiger partial charge in [0.1, 0.15) is 19.1 Å². The molecule has 1 rings (SSSR count). The quantitative estimate of drug-likeness (QED) is 0.437. The van der Waals surface area contributed by atoms with Crippen molar-refractivity contribution in [1.29, 1.82) is 0 Å². The molecule has 0 spiro atoms. The minimum absolute atomic E-state index is 0. The fourth-order valence-corrected chi connectivity index (χ4v) is 1.84. The van der Waals surface area contributed by atoms with Gasteiger partial charge in [-0.2, -0.15) is 0 Å². The van der Waals surface area contributed by atoms with Gasteiger partial charge in [0.25, 0.3) is 0 Å². The van der Waals surface area contributed by atoms with Crippen molar-refractivity contribution in [1.82, 2.24) is 0 Å². The average molecular weight is 354 g/mol. The van der Waals surface area contributed by atoms with Crippen LogP contribution in [0.2, 0.25) is 0 Å². The van der Waals surface area contributed by atoms with Crippen LogP contribution in [0.3, 0.4) is 0 Å². The first-order valence-corrected chi connectivity index (χ1v) is 5.52. The number of rotatable bonds is 4. The smallest absolute Gasteiger partial charge is 1.00 e. The third kappa shape index (κ3) is 5.23. The Balaban J connectivity index is -0.000000750. The number of carbonyl (C=O) groups is 2. The predicted molar refractivity (Wildman–Crippen MR) is 62.1 cm³/mol. The van der Waals surface area contributed by atoms with Crippen LogP contribution in [0.15, 0.2) is 0 Å². The number of cyclic esters (lactones) is 2. The van der Waals surface area contributed by atoms with E-state index < -0.39 is 11.9 Å². The van der Waals surface area contributed by atoms with E-state index in [1.54, 1.807) is 0 Å². The number of esters is 2. The van der Waals surface area contributed by atoms with Crippen molar-refractivity contribution >= 4 is 60.8 Å². The topological polar surface area (TPSA) is 52.6 Å². The van der Waals surface area contributed by atoms with Gasteiger partial charge in [0.15, 0.2) is 0 Å². The van der Waals surface area contributed by atoms with Crippen LogP contribution in [0.25, 0.3) is 0 Å². The molecule has 1 aliphatic rings. The zero-order chi connectivity index (χ0) is 11.3. The van der Waals surface area contributed by atoms with Gasteiger partial charge >= 0.3 is 60.8 Å². The molecule has 90 valence electrons. The maximum Gasteiger partial charge on any atom is 2.00 e. The Morgan fingerprint density at radius 3 is 2.62 bits per heavy atom. The van der Waals surface area contributed by atoms with Crippen molar-refractivity contribution in [3.8, 4) is 0 Å². The number of ether oxygens (including phenoxy) is 2. The third-order valence-corrected chi connectivity index (χ3v) is 2.69. The molecule has 0 aromatic carbocycles. The summed E-state index contributed by atoms with van der Waals surface area (Å²) in [5, 5.41) is 0. The molecular formula is C11H20BaO4. The summed E-state index contributed by atoms with van der Waals surface area (Å²) in [6.45, 7) is 4.36. The van der Waals surface area contributed by atoms with Gasteiger partial charge in [-0.05, 0) is 18.8 Å². The van der Waals surface area contributed by atoms with Crippen LogP contribution in [0.4, 0.5) is 0 Å². The van der Waals surface area contributed by atoms with E-state index in [4.69, 9.17) is 9.47 Å². The molecule has 2 atom stereocenters. The van der Waals surface area contributed by atoms with E-state index in [1.165, 1.54) is 0 Å². The van der Waals surface area contributed by atoms with Gasteiger partial charge in [0.2, 0.25) is 0 Å². The molecular weight excluding hydrogens is 333 g/mol. The van der Waals surface area contributed by atoms with Gasteiger partial charge in [0.05, 0.1) is 0 Å². The van der Waals surface area contributed by atoms with E-state index in [0.29, 0.717) is 5.92 Å². The first-order chi connectivity index (χ1) is 7.17. The fourth-order valence-electron chi connectivity index (χ4n) is 1.84. The zero-order valence-corrected chi connectivity index (χ0v) is 14.5.